The fourth-order valence-electron chi connectivity index (χ4n) is 4.61. The van der Waals surface area contributed by atoms with Gasteiger partial charge >= 0.3 is 0 Å². The average molecular weight is 486 g/mol. The number of nitrogens with zero attached hydrogens (tertiary/aromatic N) is 2. The lowest BCUT2D eigenvalue weighted by Crippen LogP contribution is -2.40. The standard InChI is InChI=1S/C26H35N3O4S/c1-21-19-28(14-15-33-21)20-24-7-5-6-23(16-24)18-27-26(30)17-22-8-10-25(11-9-22)34(31,32)29-12-3-2-4-13-29/h5-11,16,21H,2-4,12-15,17-20H2,1H3,(H,27,30). The lowest BCUT2D eigenvalue weighted by atomic mass is 10.1. The maximum absolute atomic E-state index is 12.8. The summed E-state index contributed by atoms with van der Waals surface area (Å²) in [5, 5.41) is 2.98. The van der Waals surface area contributed by atoms with Crippen LogP contribution in [-0.2, 0) is 39.1 Å². The predicted octanol–water partition coefficient (Wildman–Crippen LogP) is 2.94. The molecule has 2 fully saturated rings. The van der Waals surface area contributed by atoms with Crippen LogP contribution < -0.4 is 5.32 Å². The second kappa shape index (κ2) is 11.4. The Kier molecular flexibility index (Phi) is 8.37. The van der Waals surface area contributed by atoms with E-state index in [2.05, 4.69) is 29.3 Å². The molecule has 2 aromatic carbocycles. The molecular formula is C26H35N3O4S. The van der Waals surface area contributed by atoms with Gasteiger partial charge in [-0.2, -0.15) is 4.31 Å². The molecule has 0 saturated carbocycles. The minimum absolute atomic E-state index is 0.0842. The van der Waals surface area contributed by atoms with Crippen molar-refractivity contribution < 1.29 is 17.9 Å². The van der Waals surface area contributed by atoms with Gasteiger partial charge < -0.3 is 10.1 Å². The number of hydrogen-bond donors (Lipinski definition) is 1. The van der Waals surface area contributed by atoms with Gasteiger partial charge in [-0.05, 0) is 48.6 Å². The van der Waals surface area contributed by atoms with Gasteiger partial charge in [0.1, 0.15) is 0 Å². The molecule has 1 unspecified atom stereocenters. The molecule has 2 saturated heterocycles. The minimum atomic E-state index is -3.45. The molecular weight excluding hydrogens is 450 g/mol. The summed E-state index contributed by atoms with van der Waals surface area (Å²) >= 11 is 0. The Labute approximate surface area is 203 Å². The molecule has 0 radical (unpaired) electrons. The second-order valence-corrected chi connectivity index (χ2v) is 11.2. The normalized spacial score (nSPS) is 20.2. The van der Waals surface area contributed by atoms with Gasteiger partial charge in [0, 0.05) is 39.3 Å². The average Bonchev–Trinajstić information content (AvgIpc) is 2.84. The van der Waals surface area contributed by atoms with Crippen molar-refractivity contribution >= 4 is 15.9 Å². The highest BCUT2D eigenvalue weighted by atomic mass is 32.2. The molecule has 1 amide bonds. The maximum atomic E-state index is 12.8. The van der Waals surface area contributed by atoms with Crippen LogP contribution in [0.5, 0.6) is 0 Å². The van der Waals surface area contributed by atoms with E-state index in [9.17, 15) is 13.2 Å². The van der Waals surface area contributed by atoms with Crippen molar-refractivity contribution in [2.24, 2.45) is 0 Å². The van der Waals surface area contributed by atoms with Gasteiger partial charge in [0.05, 0.1) is 24.0 Å². The van der Waals surface area contributed by atoms with Crippen LogP contribution in [0.4, 0.5) is 0 Å². The number of morpholine rings is 1. The molecule has 7 nitrogen and oxygen atoms in total. The number of carbonyl (C=O) groups excluding carboxylic acids is 1. The van der Waals surface area contributed by atoms with Gasteiger partial charge in [0.25, 0.3) is 0 Å². The van der Waals surface area contributed by atoms with Crippen LogP contribution >= 0.6 is 0 Å². The zero-order valence-electron chi connectivity index (χ0n) is 19.9. The molecule has 0 spiro atoms. The minimum Gasteiger partial charge on any atom is -0.376 e. The number of piperidine rings is 1. The fourth-order valence-corrected chi connectivity index (χ4v) is 6.13. The smallest absolute Gasteiger partial charge is 0.243 e. The van der Waals surface area contributed by atoms with E-state index in [1.54, 1.807) is 28.6 Å². The monoisotopic (exact) mass is 485 g/mol. The zero-order valence-corrected chi connectivity index (χ0v) is 20.7. The van der Waals surface area contributed by atoms with Crippen molar-refractivity contribution in [3.8, 4) is 0 Å². The maximum Gasteiger partial charge on any atom is 0.243 e. The third-order valence-corrected chi connectivity index (χ3v) is 8.37. The van der Waals surface area contributed by atoms with Gasteiger partial charge in [0.15, 0.2) is 0 Å². The molecule has 2 aromatic rings. The molecule has 34 heavy (non-hydrogen) atoms. The highest BCUT2D eigenvalue weighted by Crippen LogP contribution is 2.21. The summed E-state index contributed by atoms with van der Waals surface area (Å²) in [5.41, 5.74) is 3.09. The van der Waals surface area contributed by atoms with Gasteiger partial charge in [-0.1, -0.05) is 42.8 Å². The highest BCUT2D eigenvalue weighted by Gasteiger charge is 2.25. The number of benzene rings is 2. The van der Waals surface area contributed by atoms with E-state index in [1.165, 1.54) is 5.56 Å². The number of sulfonamides is 1. The van der Waals surface area contributed by atoms with Crippen molar-refractivity contribution in [1.29, 1.82) is 0 Å². The molecule has 184 valence electrons. The first-order valence-corrected chi connectivity index (χ1v) is 13.6. The second-order valence-electron chi connectivity index (χ2n) is 9.30. The number of amides is 1. The van der Waals surface area contributed by atoms with E-state index in [0.29, 0.717) is 24.5 Å². The SMILES string of the molecule is CC1CN(Cc2cccc(CNC(=O)Cc3ccc(S(=O)(=O)N4CCCCC4)cc3)c2)CCO1. The Hall–Kier alpha value is -2.26. The first-order valence-electron chi connectivity index (χ1n) is 12.2. The first kappa shape index (κ1) is 24.9. The summed E-state index contributed by atoms with van der Waals surface area (Å²) in [6.45, 7) is 7.23. The highest BCUT2D eigenvalue weighted by molar-refractivity contribution is 7.89. The van der Waals surface area contributed by atoms with Gasteiger partial charge in [-0.3, -0.25) is 9.69 Å². The quantitative estimate of drug-likeness (QED) is 0.622. The number of hydrogen-bond acceptors (Lipinski definition) is 5. The van der Waals surface area contributed by atoms with E-state index in [0.717, 1.165) is 56.6 Å². The van der Waals surface area contributed by atoms with Gasteiger partial charge in [-0.25, -0.2) is 8.42 Å². The number of nitrogens with one attached hydrogen (secondary N) is 1. The summed E-state index contributed by atoms with van der Waals surface area (Å²) in [5.74, 6) is -0.0842. The zero-order chi connectivity index (χ0) is 24.0. The van der Waals surface area contributed by atoms with Crippen LogP contribution in [0.25, 0.3) is 0 Å². The van der Waals surface area contributed by atoms with Crippen molar-refractivity contribution in [3.05, 3.63) is 65.2 Å². The summed E-state index contributed by atoms with van der Waals surface area (Å²) in [7, 11) is -3.45. The van der Waals surface area contributed by atoms with Crippen LogP contribution in [0.2, 0.25) is 0 Å². The lowest BCUT2D eigenvalue weighted by molar-refractivity contribution is -0.120. The Balaban J connectivity index is 1.28. The lowest BCUT2D eigenvalue weighted by Gasteiger charge is -2.31. The molecule has 1 atom stereocenters. The number of carbonyl (C=O) groups is 1. The molecule has 0 aliphatic carbocycles. The van der Waals surface area contributed by atoms with Gasteiger partial charge in [0.2, 0.25) is 15.9 Å². The fraction of sp³-hybridized carbons (Fsp3) is 0.500. The molecule has 0 aromatic heterocycles. The van der Waals surface area contributed by atoms with Crippen LogP contribution in [0.15, 0.2) is 53.4 Å². The molecule has 1 N–H and O–H groups in total. The van der Waals surface area contributed by atoms with Crippen LogP contribution in [-0.4, -0.2) is 62.4 Å². The molecule has 4 rings (SSSR count). The Morgan fingerprint density at radius 1 is 1.00 bits per heavy atom. The van der Waals surface area contributed by atoms with Crippen molar-refractivity contribution in [2.75, 3.05) is 32.8 Å². The summed E-state index contributed by atoms with van der Waals surface area (Å²) in [6.07, 6.45) is 3.38. The Morgan fingerprint density at radius 2 is 1.74 bits per heavy atom. The van der Waals surface area contributed by atoms with Crippen molar-refractivity contribution in [2.45, 2.75) is 56.7 Å². The third kappa shape index (κ3) is 6.66. The van der Waals surface area contributed by atoms with Crippen molar-refractivity contribution in [1.82, 2.24) is 14.5 Å². The molecule has 2 aliphatic rings. The van der Waals surface area contributed by atoms with E-state index in [1.807, 2.05) is 12.1 Å². The molecule has 8 heteroatoms. The predicted molar refractivity (Wildman–Crippen MR) is 132 cm³/mol. The van der Waals surface area contributed by atoms with Crippen LogP contribution in [0.1, 0.15) is 42.9 Å². The van der Waals surface area contributed by atoms with Crippen LogP contribution in [0.3, 0.4) is 0 Å². The van der Waals surface area contributed by atoms with E-state index < -0.39 is 10.0 Å². The first-order chi connectivity index (χ1) is 16.4. The van der Waals surface area contributed by atoms with Crippen molar-refractivity contribution in [3.63, 3.8) is 0 Å². The van der Waals surface area contributed by atoms with Gasteiger partial charge in [-0.15, -0.1) is 0 Å². The largest absolute Gasteiger partial charge is 0.376 e. The topological polar surface area (TPSA) is 79.0 Å². The Morgan fingerprint density at radius 3 is 2.47 bits per heavy atom. The van der Waals surface area contributed by atoms with E-state index >= 15 is 0 Å². The molecule has 2 heterocycles. The Bertz CT molecular complexity index is 1070. The van der Waals surface area contributed by atoms with E-state index in [-0.39, 0.29) is 18.4 Å². The number of rotatable bonds is 8. The molecule has 2 aliphatic heterocycles. The summed E-state index contributed by atoms with van der Waals surface area (Å²) in [6, 6.07) is 15.0. The number of ether oxygens (including phenoxy) is 1. The van der Waals surface area contributed by atoms with E-state index in [4.69, 9.17) is 4.74 Å². The molecule has 0 bridgehead atoms. The summed E-state index contributed by atoms with van der Waals surface area (Å²) < 4.78 is 32.7. The van der Waals surface area contributed by atoms with Crippen LogP contribution in [0, 0.1) is 0 Å². The summed E-state index contributed by atoms with van der Waals surface area (Å²) in [4.78, 5) is 15.2. The third-order valence-electron chi connectivity index (χ3n) is 6.45.